The summed E-state index contributed by atoms with van der Waals surface area (Å²) in [7, 11) is 0. The topological polar surface area (TPSA) is 29.3 Å². The highest BCUT2D eigenvalue weighted by Crippen LogP contribution is 2.43. The molecule has 0 saturated heterocycles. The van der Waals surface area contributed by atoms with E-state index in [1.54, 1.807) is 11.3 Å². The van der Waals surface area contributed by atoms with Gasteiger partial charge in [0.15, 0.2) is 0 Å². The first-order valence-electron chi connectivity index (χ1n) is 15.0. The molecular formula is C41H26N2OS. The van der Waals surface area contributed by atoms with Crippen molar-refractivity contribution in [3.05, 3.63) is 158 Å². The van der Waals surface area contributed by atoms with Crippen molar-refractivity contribution in [2.45, 2.75) is 0 Å². The third-order valence-electron chi connectivity index (χ3n) is 8.48. The molecule has 0 bridgehead atoms. The average Bonchev–Trinajstić information content (AvgIpc) is 3.71. The van der Waals surface area contributed by atoms with E-state index in [1.165, 1.54) is 26.6 Å². The molecular weight excluding hydrogens is 569 g/mol. The van der Waals surface area contributed by atoms with Gasteiger partial charge in [-0.1, -0.05) is 103 Å². The van der Waals surface area contributed by atoms with E-state index >= 15 is 0 Å². The highest BCUT2D eigenvalue weighted by molar-refractivity contribution is 7.21. The number of nitrogens with zero attached hydrogens (tertiary/aromatic N) is 2. The van der Waals surface area contributed by atoms with Crippen molar-refractivity contribution < 1.29 is 4.42 Å². The first kappa shape index (κ1) is 25.8. The number of furan rings is 1. The largest absolute Gasteiger partial charge is 0.456 e. The molecule has 0 spiro atoms. The summed E-state index contributed by atoms with van der Waals surface area (Å²) in [5, 5.41) is 5.57. The van der Waals surface area contributed by atoms with Gasteiger partial charge in [-0.25, -0.2) is 4.98 Å². The van der Waals surface area contributed by atoms with Gasteiger partial charge in [-0.15, -0.1) is 11.3 Å². The Bertz CT molecular complexity index is 2500. The maximum atomic E-state index is 6.56. The number of hydrogen-bond acceptors (Lipinski definition) is 4. The zero-order chi connectivity index (χ0) is 29.7. The maximum Gasteiger partial charge on any atom is 0.137 e. The third kappa shape index (κ3) is 4.38. The van der Waals surface area contributed by atoms with Crippen molar-refractivity contribution in [3.8, 4) is 21.7 Å². The maximum absolute atomic E-state index is 6.56. The van der Waals surface area contributed by atoms with Crippen LogP contribution in [0, 0.1) is 0 Å². The monoisotopic (exact) mass is 594 g/mol. The lowest BCUT2D eigenvalue weighted by Gasteiger charge is -2.26. The van der Waals surface area contributed by atoms with E-state index < -0.39 is 0 Å². The number of fused-ring (bicyclic) bond motifs is 6. The molecule has 2 heterocycles. The van der Waals surface area contributed by atoms with Gasteiger partial charge >= 0.3 is 0 Å². The molecule has 9 rings (SSSR count). The summed E-state index contributed by atoms with van der Waals surface area (Å²) in [4.78, 5) is 7.46. The molecule has 2 aromatic heterocycles. The molecule has 9 aromatic rings. The van der Waals surface area contributed by atoms with Gasteiger partial charge in [-0.05, 0) is 65.0 Å². The molecule has 7 aromatic carbocycles. The van der Waals surface area contributed by atoms with Crippen LogP contribution >= 0.6 is 11.3 Å². The second-order valence-electron chi connectivity index (χ2n) is 11.2. The fourth-order valence-corrected chi connectivity index (χ4v) is 7.40. The minimum Gasteiger partial charge on any atom is -0.456 e. The van der Waals surface area contributed by atoms with Crippen molar-refractivity contribution in [1.29, 1.82) is 0 Å². The molecule has 0 unspecified atom stereocenters. The predicted octanol–water partition coefficient (Wildman–Crippen LogP) is 12.2. The van der Waals surface area contributed by atoms with Gasteiger partial charge in [-0.3, -0.25) is 0 Å². The lowest BCUT2D eigenvalue weighted by atomic mass is 10.0. The Labute approximate surface area is 264 Å². The number of benzene rings is 7. The SMILES string of the molecule is c1ccc(-c2cccc(N(c3ccccc3)c3ccc4c(c3)oc3cccc(-c5nc6c(ccc7ccccc76)s5)c34)c2)cc1. The van der Waals surface area contributed by atoms with Gasteiger partial charge in [0.05, 0.1) is 10.2 Å². The van der Waals surface area contributed by atoms with Gasteiger partial charge in [0.2, 0.25) is 0 Å². The zero-order valence-electron chi connectivity index (χ0n) is 24.2. The molecule has 0 N–H and O–H groups in total. The quantitative estimate of drug-likeness (QED) is 0.198. The molecule has 45 heavy (non-hydrogen) atoms. The number of thiazole rings is 1. The Morgan fingerprint density at radius 3 is 2.13 bits per heavy atom. The first-order chi connectivity index (χ1) is 22.3. The van der Waals surface area contributed by atoms with Gasteiger partial charge < -0.3 is 9.32 Å². The molecule has 212 valence electrons. The van der Waals surface area contributed by atoms with Gasteiger partial charge in [0.25, 0.3) is 0 Å². The van der Waals surface area contributed by atoms with Crippen molar-refractivity contribution >= 4 is 71.3 Å². The summed E-state index contributed by atoms with van der Waals surface area (Å²) < 4.78 is 7.75. The fourth-order valence-electron chi connectivity index (χ4n) is 6.39. The van der Waals surface area contributed by atoms with E-state index in [2.05, 4.69) is 163 Å². The Hall–Kier alpha value is -5.71. The molecule has 3 nitrogen and oxygen atoms in total. The van der Waals surface area contributed by atoms with Crippen LogP contribution in [0.15, 0.2) is 162 Å². The van der Waals surface area contributed by atoms with Crippen molar-refractivity contribution in [3.63, 3.8) is 0 Å². The molecule has 0 aliphatic heterocycles. The average molecular weight is 595 g/mol. The molecule has 0 aliphatic carbocycles. The van der Waals surface area contributed by atoms with Crippen LogP contribution in [0.25, 0.3) is 64.6 Å². The Balaban J connectivity index is 1.20. The molecule has 0 saturated carbocycles. The number of rotatable bonds is 5. The Morgan fingerprint density at radius 1 is 0.511 bits per heavy atom. The van der Waals surface area contributed by atoms with Crippen LogP contribution in [0.1, 0.15) is 0 Å². The predicted molar refractivity (Wildman–Crippen MR) is 190 cm³/mol. The Morgan fingerprint density at radius 2 is 1.24 bits per heavy atom. The molecule has 0 radical (unpaired) electrons. The minimum absolute atomic E-state index is 0.849. The van der Waals surface area contributed by atoms with Crippen LogP contribution in [0.2, 0.25) is 0 Å². The minimum atomic E-state index is 0.849. The summed E-state index contributed by atoms with van der Waals surface area (Å²) in [5.74, 6) is 0. The van der Waals surface area contributed by atoms with Crippen LogP contribution in [0.5, 0.6) is 0 Å². The van der Waals surface area contributed by atoms with E-state index in [0.717, 1.165) is 55.1 Å². The number of anilines is 3. The van der Waals surface area contributed by atoms with E-state index in [1.807, 2.05) is 0 Å². The standard InChI is InChI=1S/C41H26N2OS/c1-3-11-27(12-4-1)29-14-9-17-31(25-29)43(30-15-5-2-6-16-30)32-22-23-34-37(26-32)44-36-20-10-19-35(39(34)36)41-42-40-33-18-8-7-13-28(33)21-24-38(40)45-41/h1-26H. The second kappa shape index (κ2) is 10.5. The van der Waals surface area contributed by atoms with E-state index in [-0.39, 0.29) is 0 Å². The van der Waals surface area contributed by atoms with Crippen molar-refractivity contribution in [2.24, 2.45) is 0 Å². The summed E-state index contributed by atoms with van der Waals surface area (Å²) in [6, 6.07) is 55.4. The fraction of sp³-hybridized carbons (Fsp3) is 0. The second-order valence-corrected chi connectivity index (χ2v) is 12.2. The van der Waals surface area contributed by atoms with Crippen molar-refractivity contribution in [2.75, 3.05) is 4.90 Å². The van der Waals surface area contributed by atoms with Crippen LogP contribution < -0.4 is 4.90 Å². The highest BCUT2D eigenvalue weighted by Gasteiger charge is 2.19. The molecule has 0 atom stereocenters. The molecule has 0 aliphatic rings. The summed E-state index contributed by atoms with van der Waals surface area (Å²) in [6.45, 7) is 0. The lowest BCUT2D eigenvalue weighted by Crippen LogP contribution is -2.09. The highest BCUT2D eigenvalue weighted by atomic mass is 32.1. The van der Waals surface area contributed by atoms with Crippen molar-refractivity contribution in [1.82, 2.24) is 4.98 Å². The summed E-state index contributed by atoms with van der Waals surface area (Å²) in [6.07, 6.45) is 0. The van der Waals surface area contributed by atoms with E-state index in [9.17, 15) is 0 Å². The van der Waals surface area contributed by atoms with Crippen LogP contribution in [0.3, 0.4) is 0 Å². The van der Waals surface area contributed by atoms with Gasteiger partial charge in [0.1, 0.15) is 16.2 Å². The van der Waals surface area contributed by atoms with E-state index in [0.29, 0.717) is 0 Å². The lowest BCUT2D eigenvalue weighted by molar-refractivity contribution is 0.669. The van der Waals surface area contributed by atoms with E-state index in [4.69, 9.17) is 9.40 Å². The van der Waals surface area contributed by atoms with Gasteiger partial charge in [-0.2, -0.15) is 0 Å². The first-order valence-corrected chi connectivity index (χ1v) is 15.9. The van der Waals surface area contributed by atoms with Crippen LogP contribution in [-0.4, -0.2) is 4.98 Å². The third-order valence-corrected chi connectivity index (χ3v) is 9.53. The normalized spacial score (nSPS) is 11.6. The number of aromatic nitrogens is 1. The van der Waals surface area contributed by atoms with Crippen LogP contribution in [0.4, 0.5) is 17.1 Å². The summed E-state index contributed by atoms with van der Waals surface area (Å²) in [5.41, 5.74) is 9.42. The zero-order valence-corrected chi connectivity index (χ0v) is 25.0. The number of hydrogen-bond donors (Lipinski definition) is 0. The number of para-hydroxylation sites is 1. The molecule has 0 amide bonds. The van der Waals surface area contributed by atoms with Crippen LogP contribution in [-0.2, 0) is 0 Å². The Kier molecular flexibility index (Phi) is 6.00. The summed E-state index contributed by atoms with van der Waals surface area (Å²) >= 11 is 1.73. The smallest absolute Gasteiger partial charge is 0.137 e. The molecule has 0 fully saturated rings. The molecule has 4 heteroatoms. The van der Waals surface area contributed by atoms with Gasteiger partial charge in [0, 0.05) is 44.9 Å².